The monoisotopic (exact) mass is 460 g/mol. The molecule has 4 rings (SSSR count). The Morgan fingerprint density at radius 2 is 1.85 bits per heavy atom. The Morgan fingerprint density at radius 1 is 1.12 bits per heavy atom. The van der Waals surface area contributed by atoms with E-state index in [1.165, 1.54) is 6.20 Å². The van der Waals surface area contributed by atoms with Crippen molar-refractivity contribution in [2.24, 2.45) is 0 Å². The zero-order valence-electron chi connectivity index (χ0n) is 17.5. The number of alkyl halides is 3. The molecule has 7 nitrogen and oxygen atoms in total. The number of halogens is 4. The average Bonchev–Trinajstić information content (AvgIpc) is 3.14. The van der Waals surface area contributed by atoms with Gasteiger partial charge in [0.2, 0.25) is 0 Å². The van der Waals surface area contributed by atoms with Crippen LogP contribution in [-0.4, -0.2) is 37.4 Å². The standard InChI is InChI=1S/C22H20F4N6O/c1-21(32-19-15(23)11-13(12-30-19)22(24,25)26)7-2-6-16(21)31-20(33)17-14(5-3-8-27-17)18-28-9-4-10-29-18/h3-5,8-12,16H,2,6-7H2,1H3,(H,30,32)(H,31,33). The summed E-state index contributed by atoms with van der Waals surface area (Å²) in [4.78, 5) is 29.2. The molecule has 3 aromatic rings. The molecule has 0 aliphatic heterocycles. The fraction of sp³-hybridized carbons (Fsp3) is 0.318. The third kappa shape index (κ3) is 4.76. The van der Waals surface area contributed by atoms with E-state index in [0.29, 0.717) is 42.9 Å². The molecule has 0 radical (unpaired) electrons. The molecule has 0 saturated heterocycles. The molecule has 1 aliphatic carbocycles. The summed E-state index contributed by atoms with van der Waals surface area (Å²) >= 11 is 0. The zero-order valence-corrected chi connectivity index (χ0v) is 17.5. The number of hydrogen-bond acceptors (Lipinski definition) is 6. The summed E-state index contributed by atoms with van der Waals surface area (Å²) in [6, 6.07) is 4.97. The van der Waals surface area contributed by atoms with Gasteiger partial charge in [-0.1, -0.05) is 0 Å². The molecule has 3 aromatic heterocycles. The highest BCUT2D eigenvalue weighted by Crippen LogP contribution is 2.35. The van der Waals surface area contributed by atoms with E-state index in [9.17, 15) is 22.4 Å². The van der Waals surface area contributed by atoms with E-state index >= 15 is 0 Å². The van der Waals surface area contributed by atoms with Crippen molar-refractivity contribution >= 4 is 11.7 Å². The Morgan fingerprint density at radius 3 is 2.55 bits per heavy atom. The molecule has 2 atom stereocenters. The van der Waals surface area contributed by atoms with Crippen molar-refractivity contribution in [3.8, 4) is 11.4 Å². The van der Waals surface area contributed by atoms with Crippen LogP contribution in [0.3, 0.4) is 0 Å². The maximum atomic E-state index is 14.4. The number of anilines is 1. The number of carbonyl (C=O) groups is 1. The number of nitrogens with one attached hydrogen (secondary N) is 2. The van der Waals surface area contributed by atoms with Gasteiger partial charge in [-0.05, 0) is 50.5 Å². The van der Waals surface area contributed by atoms with Gasteiger partial charge in [0.15, 0.2) is 17.5 Å². The van der Waals surface area contributed by atoms with Gasteiger partial charge in [-0.15, -0.1) is 0 Å². The van der Waals surface area contributed by atoms with Crippen LogP contribution in [0.2, 0.25) is 0 Å². The molecule has 0 spiro atoms. The second-order valence-corrected chi connectivity index (χ2v) is 7.98. The molecule has 1 amide bonds. The number of rotatable bonds is 5. The predicted octanol–water partition coefficient (Wildman–Crippen LogP) is 4.24. The van der Waals surface area contributed by atoms with Crippen LogP contribution in [0.1, 0.15) is 42.2 Å². The molecule has 1 fully saturated rings. The molecule has 2 unspecified atom stereocenters. The fourth-order valence-corrected chi connectivity index (χ4v) is 3.93. The van der Waals surface area contributed by atoms with Gasteiger partial charge in [0.1, 0.15) is 5.69 Å². The van der Waals surface area contributed by atoms with Gasteiger partial charge in [0.25, 0.3) is 5.91 Å². The molecule has 172 valence electrons. The van der Waals surface area contributed by atoms with Crippen LogP contribution in [-0.2, 0) is 6.18 Å². The van der Waals surface area contributed by atoms with Crippen molar-refractivity contribution in [2.75, 3.05) is 5.32 Å². The van der Waals surface area contributed by atoms with Crippen molar-refractivity contribution < 1.29 is 22.4 Å². The average molecular weight is 460 g/mol. The fourth-order valence-electron chi connectivity index (χ4n) is 3.93. The lowest BCUT2D eigenvalue weighted by Crippen LogP contribution is -2.52. The minimum absolute atomic E-state index is 0.136. The molecule has 33 heavy (non-hydrogen) atoms. The van der Waals surface area contributed by atoms with Crippen LogP contribution in [0, 0.1) is 5.82 Å². The lowest BCUT2D eigenvalue weighted by Gasteiger charge is -2.34. The van der Waals surface area contributed by atoms with Gasteiger partial charge in [0, 0.05) is 24.8 Å². The molecular weight excluding hydrogens is 440 g/mol. The Hall–Kier alpha value is -3.63. The first-order chi connectivity index (χ1) is 15.7. The van der Waals surface area contributed by atoms with E-state index in [2.05, 4.69) is 30.6 Å². The Labute approximate surface area is 186 Å². The first-order valence-electron chi connectivity index (χ1n) is 10.2. The highest BCUT2D eigenvalue weighted by molar-refractivity contribution is 5.98. The summed E-state index contributed by atoms with van der Waals surface area (Å²) in [5.41, 5.74) is -1.41. The lowest BCUT2D eigenvalue weighted by molar-refractivity contribution is -0.138. The van der Waals surface area contributed by atoms with Crippen molar-refractivity contribution in [1.29, 1.82) is 0 Å². The van der Waals surface area contributed by atoms with Gasteiger partial charge in [-0.3, -0.25) is 9.78 Å². The Balaban J connectivity index is 1.54. The van der Waals surface area contributed by atoms with Gasteiger partial charge in [-0.25, -0.2) is 19.3 Å². The third-order valence-corrected chi connectivity index (χ3v) is 5.67. The zero-order chi connectivity index (χ0) is 23.6. The number of pyridine rings is 2. The number of aromatic nitrogens is 4. The van der Waals surface area contributed by atoms with Crippen LogP contribution >= 0.6 is 0 Å². The maximum absolute atomic E-state index is 14.4. The van der Waals surface area contributed by atoms with Crippen LogP contribution < -0.4 is 10.6 Å². The van der Waals surface area contributed by atoms with E-state index < -0.39 is 35.0 Å². The van der Waals surface area contributed by atoms with Gasteiger partial charge in [-0.2, -0.15) is 13.2 Å². The number of hydrogen-bond donors (Lipinski definition) is 2. The third-order valence-electron chi connectivity index (χ3n) is 5.67. The number of carbonyl (C=O) groups excluding carboxylic acids is 1. The Kier molecular flexibility index (Phi) is 5.96. The first-order valence-corrected chi connectivity index (χ1v) is 10.2. The van der Waals surface area contributed by atoms with E-state index in [0.717, 1.165) is 0 Å². The second kappa shape index (κ2) is 8.72. The summed E-state index contributed by atoms with van der Waals surface area (Å²) in [6.45, 7) is 1.77. The number of nitrogens with zero attached hydrogens (tertiary/aromatic N) is 4. The lowest BCUT2D eigenvalue weighted by atomic mass is 9.95. The van der Waals surface area contributed by atoms with Crippen LogP contribution in [0.25, 0.3) is 11.4 Å². The molecular formula is C22H20F4N6O. The predicted molar refractivity (Wildman–Crippen MR) is 112 cm³/mol. The summed E-state index contributed by atoms with van der Waals surface area (Å²) in [5, 5.41) is 5.83. The summed E-state index contributed by atoms with van der Waals surface area (Å²) in [6.07, 6.45) is 2.34. The van der Waals surface area contributed by atoms with Crippen molar-refractivity contribution in [2.45, 2.75) is 43.9 Å². The summed E-state index contributed by atoms with van der Waals surface area (Å²) < 4.78 is 52.8. The SMILES string of the molecule is CC1(Nc2ncc(C(F)(F)F)cc2F)CCCC1NC(=O)c1ncccc1-c1ncccn1. The van der Waals surface area contributed by atoms with Gasteiger partial charge in [0.05, 0.1) is 22.7 Å². The smallest absolute Gasteiger partial charge is 0.360 e. The van der Waals surface area contributed by atoms with Crippen molar-refractivity contribution in [3.63, 3.8) is 0 Å². The summed E-state index contributed by atoms with van der Waals surface area (Å²) in [5.74, 6) is -1.53. The molecule has 0 aromatic carbocycles. The molecule has 2 N–H and O–H groups in total. The molecule has 3 heterocycles. The minimum Gasteiger partial charge on any atom is -0.360 e. The minimum atomic E-state index is -4.69. The second-order valence-electron chi connectivity index (χ2n) is 7.98. The quantitative estimate of drug-likeness (QED) is 0.554. The largest absolute Gasteiger partial charge is 0.417 e. The van der Waals surface area contributed by atoms with Crippen molar-refractivity contribution in [1.82, 2.24) is 25.3 Å². The molecule has 0 bridgehead atoms. The highest BCUT2D eigenvalue weighted by atomic mass is 19.4. The Bertz CT molecular complexity index is 1160. The van der Waals surface area contributed by atoms with E-state index in [1.54, 1.807) is 37.5 Å². The van der Waals surface area contributed by atoms with E-state index in [-0.39, 0.29) is 11.5 Å². The van der Waals surface area contributed by atoms with Crippen LogP contribution in [0.5, 0.6) is 0 Å². The van der Waals surface area contributed by atoms with Gasteiger partial charge < -0.3 is 10.6 Å². The van der Waals surface area contributed by atoms with Crippen LogP contribution in [0.4, 0.5) is 23.4 Å². The van der Waals surface area contributed by atoms with Gasteiger partial charge >= 0.3 is 6.18 Å². The summed E-state index contributed by atoms with van der Waals surface area (Å²) in [7, 11) is 0. The normalized spacial score (nSPS) is 20.5. The van der Waals surface area contributed by atoms with Crippen LogP contribution in [0.15, 0.2) is 49.1 Å². The molecule has 1 saturated carbocycles. The molecule has 11 heteroatoms. The number of amides is 1. The highest BCUT2D eigenvalue weighted by Gasteiger charge is 2.41. The van der Waals surface area contributed by atoms with E-state index in [4.69, 9.17) is 0 Å². The topological polar surface area (TPSA) is 92.7 Å². The first kappa shape index (κ1) is 22.6. The molecule has 1 aliphatic rings. The van der Waals surface area contributed by atoms with Crippen molar-refractivity contribution in [3.05, 3.63) is 66.1 Å². The van der Waals surface area contributed by atoms with E-state index in [1.807, 2.05) is 0 Å². The maximum Gasteiger partial charge on any atom is 0.417 e.